The molecule has 2 amide bonds. The molecule has 4 rings (SSSR count). The third kappa shape index (κ3) is 6.68. The second-order valence-corrected chi connectivity index (χ2v) is 9.66. The van der Waals surface area contributed by atoms with Gasteiger partial charge in [-0.15, -0.1) is 0 Å². The topological polar surface area (TPSA) is 75.7 Å². The van der Waals surface area contributed by atoms with Crippen LogP contribution in [-0.4, -0.2) is 42.4 Å². The van der Waals surface area contributed by atoms with Crippen LogP contribution in [-0.2, 0) is 40.1 Å². The quantitative estimate of drug-likeness (QED) is 0.639. The highest BCUT2D eigenvalue weighted by Gasteiger charge is 2.28. The minimum Gasteiger partial charge on any atom is -0.446 e. The van der Waals surface area contributed by atoms with E-state index in [1.807, 2.05) is 18.2 Å². The fraction of sp³-hybridized carbons (Fsp3) is 0.464. The summed E-state index contributed by atoms with van der Waals surface area (Å²) < 4.78 is 19.6. The van der Waals surface area contributed by atoms with Crippen LogP contribution in [0.2, 0.25) is 0 Å². The lowest BCUT2D eigenvalue weighted by Crippen LogP contribution is -2.39. The van der Waals surface area contributed by atoms with Crippen LogP contribution >= 0.6 is 0 Å². The van der Waals surface area contributed by atoms with E-state index in [-0.39, 0.29) is 42.5 Å². The van der Waals surface area contributed by atoms with E-state index >= 15 is 0 Å². The van der Waals surface area contributed by atoms with Crippen molar-refractivity contribution >= 4 is 17.8 Å². The van der Waals surface area contributed by atoms with Crippen molar-refractivity contribution in [2.75, 3.05) is 13.6 Å². The molecule has 1 N–H and O–H groups in total. The van der Waals surface area contributed by atoms with Crippen LogP contribution in [0.5, 0.6) is 0 Å². The van der Waals surface area contributed by atoms with E-state index < -0.39 is 0 Å². The lowest BCUT2D eigenvalue weighted by molar-refractivity contribution is -0.122. The molecule has 1 aliphatic heterocycles. The second-order valence-electron chi connectivity index (χ2n) is 9.66. The first-order valence-corrected chi connectivity index (χ1v) is 12.4. The molecule has 2 aromatic carbocycles. The van der Waals surface area contributed by atoms with Crippen LogP contribution in [0.4, 0.5) is 9.18 Å². The predicted molar refractivity (Wildman–Crippen MR) is 130 cm³/mol. The third-order valence-corrected chi connectivity index (χ3v) is 7.10. The van der Waals surface area contributed by atoms with Gasteiger partial charge < -0.3 is 15.0 Å². The summed E-state index contributed by atoms with van der Waals surface area (Å²) in [6.07, 6.45) is 4.59. The van der Waals surface area contributed by atoms with Crippen LogP contribution in [0.3, 0.4) is 0 Å². The van der Waals surface area contributed by atoms with Crippen LogP contribution < -0.4 is 5.32 Å². The highest BCUT2D eigenvalue weighted by Crippen LogP contribution is 2.29. The monoisotopic (exact) mass is 480 g/mol. The zero-order chi connectivity index (χ0) is 24.8. The molecular formula is C28H33FN2O4. The number of fused-ring (bicyclic) bond motifs is 1. The number of ketones is 1. The largest absolute Gasteiger partial charge is 0.446 e. The van der Waals surface area contributed by atoms with Gasteiger partial charge in [-0.05, 0) is 66.3 Å². The summed E-state index contributed by atoms with van der Waals surface area (Å²) in [6.45, 7) is 1.06. The van der Waals surface area contributed by atoms with Crippen molar-refractivity contribution in [3.05, 3.63) is 70.5 Å². The number of hydrogen-bond donors (Lipinski definition) is 1. The maximum Gasteiger partial charge on any atom is 0.410 e. The van der Waals surface area contributed by atoms with E-state index in [0.29, 0.717) is 37.4 Å². The van der Waals surface area contributed by atoms with Crippen molar-refractivity contribution in [3.63, 3.8) is 0 Å². The zero-order valence-electron chi connectivity index (χ0n) is 20.2. The van der Waals surface area contributed by atoms with Gasteiger partial charge in [-0.2, -0.15) is 0 Å². The van der Waals surface area contributed by atoms with Crippen molar-refractivity contribution in [1.29, 1.82) is 0 Å². The summed E-state index contributed by atoms with van der Waals surface area (Å²) in [6, 6.07) is 12.3. The molecule has 2 aromatic rings. The predicted octanol–water partition coefficient (Wildman–Crippen LogP) is 4.37. The van der Waals surface area contributed by atoms with Crippen molar-refractivity contribution in [2.45, 2.75) is 64.0 Å². The van der Waals surface area contributed by atoms with E-state index in [4.69, 9.17) is 4.74 Å². The maximum atomic E-state index is 13.8. The van der Waals surface area contributed by atoms with E-state index in [9.17, 15) is 18.8 Å². The number of benzene rings is 2. The maximum absolute atomic E-state index is 13.8. The highest BCUT2D eigenvalue weighted by atomic mass is 19.1. The Hall–Kier alpha value is -3.22. The molecule has 1 saturated carbocycles. The van der Waals surface area contributed by atoms with Gasteiger partial charge >= 0.3 is 6.09 Å². The van der Waals surface area contributed by atoms with Crippen LogP contribution in [0.15, 0.2) is 42.5 Å². The molecule has 35 heavy (non-hydrogen) atoms. The highest BCUT2D eigenvalue weighted by molar-refractivity contribution is 5.83. The number of Topliss-reactive ketones (excluding diaryl/α,β-unsaturated/α-hetero) is 1. The van der Waals surface area contributed by atoms with Crippen molar-refractivity contribution in [2.24, 2.45) is 5.92 Å². The van der Waals surface area contributed by atoms with Gasteiger partial charge in [-0.1, -0.05) is 36.4 Å². The first-order valence-electron chi connectivity index (χ1n) is 12.4. The van der Waals surface area contributed by atoms with Crippen molar-refractivity contribution < 1.29 is 23.5 Å². The molecule has 0 atom stereocenters. The third-order valence-electron chi connectivity index (χ3n) is 7.10. The molecule has 1 heterocycles. The molecule has 2 aliphatic rings. The Balaban J connectivity index is 1.26. The van der Waals surface area contributed by atoms with E-state index in [1.54, 1.807) is 30.1 Å². The molecule has 0 aromatic heterocycles. The molecule has 0 radical (unpaired) electrons. The summed E-state index contributed by atoms with van der Waals surface area (Å²) >= 11 is 0. The van der Waals surface area contributed by atoms with Gasteiger partial charge in [0.2, 0.25) is 5.91 Å². The van der Waals surface area contributed by atoms with Gasteiger partial charge in [0, 0.05) is 39.4 Å². The van der Waals surface area contributed by atoms with Crippen LogP contribution in [0, 0.1) is 11.7 Å². The van der Waals surface area contributed by atoms with Gasteiger partial charge in [0.15, 0.2) is 0 Å². The number of nitrogens with one attached hydrogen (secondary N) is 1. The molecular weight excluding hydrogens is 447 g/mol. The van der Waals surface area contributed by atoms with Gasteiger partial charge in [0.25, 0.3) is 0 Å². The van der Waals surface area contributed by atoms with Crippen LogP contribution in [0.25, 0.3) is 0 Å². The van der Waals surface area contributed by atoms with Gasteiger partial charge in [0.05, 0.1) is 0 Å². The molecule has 6 nitrogen and oxygen atoms in total. The summed E-state index contributed by atoms with van der Waals surface area (Å²) in [4.78, 5) is 38.5. The number of carbonyl (C=O) groups excluding carboxylic acids is 3. The van der Waals surface area contributed by atoms with E-state index in [1.165, 1.54) is 6.07 Å². The summed E-state index contributed by atoms with van der Waals surface area (Å²) in [7, 11) is 1.65. The number of nitrogens with zero attached hydrogens (tertiary/aromatic N) is 1. The summed E-state index contributed by atoms with van der Waals surface area (Å²) in [5.74, 6) is 0.0471. The molecule has 1 aliphatic carbocycles. The Morgan fingerprint density at radius 3 is 2.54 bits per heavy atom. The first kappa shape index (κ1) is 24.9. The number of rotatable bonds is 7. The minimum atomic E-state index is -0.352. The summed E-state index contributed by atoms with van der Waals surface area (Å²) in [5, 5.41) is 2.67. The SMILES string of the molecule is CNC(=O)CC1CCC(OC(=O)N2CCc3cc(CC(=O)Cc4ccccc4F)ccc3C2)CC1. The van der Waals surface area contributed by atoms with E-state index in [0.717, 1.165) is 42.4 Å². The standard InChI is InChI=1S/C28H33FN2O4/c1-30-27(33)16-19-7-10-25(11-8-19)35-28(34)31-13-12-21-14-20(6-9-23(21)18-31)15-24(32)17-22-4-2-3-5-26(22)29/h2-6,9,14,19,25H,7-8,10-13,15-18H2,1H3,(H,30,33). The van der Waals surface area contributed by atoms with Crippen molar-refractivity contribution in [3.8, 4) is 0 Å². The molecule has 0 spiro atoms. The van der Waals surface area contributed by atoms with Crippen LogP contribution in [0.1, 0.15) is 54.4 Å². The average molecular weight is 481 g/mol. The van der Waals surface area contributed by atoms with E-state index in [2.05, 4.69) is 5.32 Å². The van der Waals surface area contributed by atoms with Gasteiger partial charge in [-0.3, -0.25) is 9.59 Å². The number of hydrogen-bond acceptors (Lipinski definition) is 4. The molecule has 0 unspecified atom stereocenters. The first-order chi connectivity index (χ1) is 16.9. The Morgan fingerprint density at radius 2 is 1.80 bits per heavy atom. The normalized spacial score (nSPS) is 19.5. The Labute approximate surface area is 205 Å². The number of amides is 2. The Morgan fingerprint density at radius 1 is 1.03 bits per heavy atom. The fourth-order valence-electron chi connectivity index (χ4n) is 5.05. The number of ether oxygens (including phenoxy) is 1. The molecule has 0 bridgehead atoms. The smallest absolute Gasteiger partial charge is 0.410 e. The molecule has 1 fully saturated rings. The number of halogens is 1. The summed E-state index contributed by atoms with van der Waals surface area (Å²) in [5.41, 5.74) is 3.53. The molecule has 0 saturated heterocycles. The van der Waals surface area contributed by atoms with Gasteiger partial charge in [0.1, 0.15) is 17.7 Å². The fourth-order valence-corrected chi connectivity index (χ4v) is 5.05. The second kappa shape index (κ2) is 11.5. The lowest BCUT2D eigenvalue weighted by Gasteiger charge is -2.32. The number of carbonyl (C=O) groups is 3. The van der Waals surface area contributed by atoms with Crippen molar-refractivity contribution in [1.82, 2.24) is 10.2 Å². The van der Waals surface area contributed by atoms with Gasteiger partial charge in [-0.25, -0.2) is 9.18 Å². The molecule has 7 heteroatoms. The minimum absolute atomic E-state index is 0.0268. The molecule has 186 valence electrons. The Kier molecular flexibility index (Phi) is 8.16. The lowest BCUT2D eigenvalue weighted by atomic mass is 9.85. The zero-order valence-corrected chi connectivity index (χ0v) is 20.2. The average Bonchev–Trinajstić information content (AvgIpc) is 2.86. The Bertz CT molecular complexity index is 1080.